The lowest BCUT2D eigenvalue weighted by molar-refractivity contribution is -0.240. The maximum absolute atomic E-state index is 11.2. The van der Waals surface area contributed by atoms with Crippen LogP contribution in [0.1, 0.15) is 73.1 Å². The fraction of sp³-hybridized carbons (Fsp3) is 0.600. The molecule has 0 heterocycles. The van der Waals surface area contributed by atoms with Crippen LogP contribution >= 0.6 is 15.6 Å². The predicted molar refractivity (Wildman–Crippen MR) is 125 cm³/mol. The third-order valence-corrected chi connectivity index (χ3v) is 6.11. The minimum absolute atomic E-state index is 0. The van der Waals surface area contributed by atoms with Crippen LogP contribution in [-0.2, 0) is 18.0 Å². The zero-order valence-corrected chi connectivity index (χ0v) is 21.8. The summed E-state index contributed by atoms with van der Waals surface area (Å²) in [6.45, 7) is 9.94. The van der Waals surface area contributed by atoms with E-state index in [4.69, 9.17) is 4.89 Å². The molecule has 0 aliphatic rings. The normalized spacial score (nSPS) is 16.5. The van der Waals surface area contributed by atoms with E-state index in [1.54, 1.807) is 0 Å². The molecule has 0 spiro atoms. The van der Waals surface area contributed by atoms with Crippen LogP contribution in [-0.4, -0.2) is 11.5 Å². The molecule has 184 valence electrons. The molecule has 0 rings (SSSR count). The highest BCUT2D eigenvalue weighted by molar-refractivity contribution is 7.59. The van der Waals surface area contributed by atoms with Crippen LogP contribution in [0.25, 0.3) is 0 Å². The van der Waals surface area contributed by atoms with Crippen molar-refractivity contribution in [2.75, 3.05) is 6.61 Å². The first-order chi connectivity index (χ1) is 13.3. The van der Waals surface area contributed by atoms with E-state index < -0.39 is 15.6 Å². The summed E-state index contributed by atoms with van der Waals surface area (Å²) >= 11 is 0. The van der Waals surface area contributed by atoms with Gasteiger partial charge in [0.15, 0.2) is 0 Å². The maximum atomic E-state index is 11.2. The van der Waals surface area contributed by atoms with Gasteiger partial charge in [-0.1, -0.05) is 46.6 Å². The summed E-state index contributed by atoms with van der Waals surface area (Å²) in [6, 6.07) is 0. The molecular formula is C20H42N2O7P2. The number of quaternary nitrogens is 2. The molecule has 0 aromatic rings. The van der Waals surface area contributed by atoms with Crippen molar-refractivity contribution in [3.63, 3.8) is 0 Å². The Balaban J connectivity index is -0.00000392. The Morgan fingerprint density at radius 2 is 1.16 bits per heavy atom. The van der Waals surface area contributed by atoms with Gasteiger partial charge in [0.05, 0.1) is 6.61 Å². The molecule has 0 bridgehead atoms. The predicted octanol–water partition coefficient (Wildman–Crippen LogP) is 5.85. The van der Waals surface area contributed by atoms with E-state index in [1.807, 2.05) is 6.92 Å². The summed E-state index contributed by atoms with van der Waals surface area (Å²) in [7, 11) is -10.5. The Bertz CT molecular complexity index is 721. The van der Waals surface area contributed by atoms with Crippen molar-refractivity contribution >= 4 is 15.6 Å². The number of rotatable bonds is 14. The van der Waals surface area contributed by atoms with Gasteiger partial charge >= 0.3 is 0 Å². The summed E-state index contributed by atoms with van der Waals surface area (Å²) in [5, 5.41) is 0. The molecule has 0 aromatic carbocycles. The molecule has 0 amide bonds. The molecule has 9 nitrogen and oxygen atoms in total. The average Bonchev–Trinajstić information content (AvgIpc) is 2.51. The van der Waals surface area contributed by atoms with Gasteiger partial charge in [0.2, 0.25) is 0 Å². The lowest BCUT2D eigenvalue weighted by Gasteiger charge is -2.26. The summed E-state index contributed by atoms with van der Waals surface area (Å²) in [5.41, 5.74) is 4.96. The minimum atomic E-state index is -5.39. The van der Waals surface area contributed by atoms with Gasteiger partial charge in [-0.3, -0.25) is 9.13 Å². The van der Waals surface area contributed by atoms with Crippen LogP contribution in [0.15, 0.2) is 46.6 Å². The smallest absolute Gasteiger partial charge is 0.274 e. The zero-order chi connectivity index (χ0) is 22.5. The van der Waals surface area contributed by atoms with Crippen molar-refractivity contribution in [2.45, 2.75) is 73.1 Å². The van der Waals surface area contributed by atoms with E-state index in [0.717, 1.165) is 44.1 Å². The van der Waals surface area contributed by atoms with Gasteiger partial charge < -0.3 is 31.5 Å². The van der Waals surface area contributed by atoms with Crippen LogP contribution in [0.3, 0.4) is 0 Å². The van der Waals surface area contributed by atoms with Crippen molar-refractivity contribution in [3.8, 4) is 0 Å². The molecule has 0 aliphatic carbocycles. The van der Waals surface area contributed by atoms with Gasteiger partial charge in [0, 0.05) is 0 Å². The van der Waals surface area contributed by atoms with Crippen LogP contribution in [0, 0.1) is 0 Å². The van der Waals surface area contributed by atoms with Gasteiger partial charge in [-0.05, 0) is 73.1 Å². The van der Waals surface area contributed by atoms with Crippen molar-refractivity contribution in [1.82, 2.24) is 12.3 Å². The van der Waals surface area contributed by atoms with E-state index >= 15 is 0 Å². The van der Waals surface area contributed by atoms with Crippen LogP contribution < -0.4 is 22.1 Å². The first-order valence-electron chi connectivity index (χ1n) is 9.62. The monoisotopic (exact) mass is 484 g/mol. The van der Waals surface area contributed by atoms with E-state index in [-0.39, 0.29) is 18.9 Å². The molecule has 0 aliphatic heterocycles. The molecule has 0 saturated carbocycles. The highest BCUT2D eigenvalue weighted by atomic mass is 31.3. The standard InChI is InChI=1S/C20H36O7P2.2H3N/c1-17(2)9-6-10-18(3)11-7-12-19(4)13-8-14-20(5)15-16-26-29(24,25)27-28(21,22)23;;/h9,11,13,15H,6-8,10,12,14,16H2,1-5H3,(H,24,25)(H2,21,22,23);2*1H3. The summed E-state index contributed by atoms with van der Waals surface area (Å²) in [5.74, 6) is 0. The average molecular weight is 485 g/mol. The first kappa shape index (κ1) is 34.7. The maximum Gasteiger partial charge on any atom is 0.274 e. The fourth-order valence-corrected chi connectivity index (χ4v) is 3.86. The number of hydrogen-bond acceptors (Lipinski definition) is 6. The number of phosphoric acid groups is 2. The summed E-state index contributed by atoms with van der Waals surface area (Å²) < 4.78 is 29.4. The second-order valence-corrected chi connectivity index (χ2v) is 10.1. The molecule has 0 radical (unpaired) electrons. The Morgan fingerprint density at radius 1 is 0.774 bits per heavy atom. The Hall–Kier alpha value is -0.860. The SMILES string of the molecule is CC(C)=CCCC(C)=CCCC(C)=CCCC(C)=CCOP(=O)([O-])OP(=O)([O-])O.[NH4+].[NH4+]. The fourth-order valence-electron chi connectivity index (χ4n) is 2.41. The number of phosphoric ester groups is 1. The lowest BCUT2D eigenvalue weighted by atomic mass is 10.0. The topological polar surface area (TPSA) is 192 Å². The molecule has 0 aromatic heterocycles. The number of allylic oxidation sites excluding steroid dienone is 7. The molecule has 9 N–H and O–H groups in total. The second-order valence-electron chi connectivity index (χ2n) is 7.34. The summed E-state index contributed by atoms with van der Waals surface area (Å²) in [4.78, 5) is 30.0. The minimum Gasteiger partial charge on any atom is -0.756 e. The molecule has 11 heteroatoms. The quantitative estimate of drug-likeness (QED) is 0.203. The molecule has 0 saturated heterocycles. The Morgan fingerprint density at radius 3 is 1.55 bits per heavy atom. The van der Waals surface area contributed by atoms with Gasteiger partial charge in [-0.15, -0.1) is 0 Å². The molecule has 2 unspecified atom stereocenters. The molecule has 31 heavy (non-hydrogen) atoms. The Labute approximate surface area is 187 Å². The highest BCUT2D eigenvalue weighted by Crippen LogP contribution is 2.52. The van der Waals surface area contributed by atoms with E-state index in [0.29, 0.717) is 0 Å². The van der Waals surface area contributed by atoms with Gasteiger partial charge in [-0.2, -0.15) is 0 Å². The largest absolute Gasteiger partial charge is 0.756 e. The van der Waals surface area contributed by atoms with Crippen molar-refractivity contribution in [1.29, 1.82) is 0 Å². The van der Waals surface area contributed by atoms with Gasteiger partial charge in [-0.25, -0.2) is 4.31 Å². The van der Waals surface area contributed by atoms with E-state index in [2.05, 4.69) is 54.8 Å². The Kier molecular flexibility index (Phi) is 19.8. The van der Waals surface area contributed by atoms with E-state index in [1.165, 1.54) is 22.8 Å². The number of hydrogen-bond donors (Lipinski definition) is 3. The third-order valence-electron chi connectivity index (χ3n) is 4.02. The third kappa shape index (κ3) is 23.6. The van der Waals surface area contributed by atoms with E-state index in [9.17, 15) is 18.9 Å². The summed E-state index contributed by atoms with van der Waals surface area (Å²) in [6.07, 6.45) is 13.9. The van der Waals surface area contributed by atoms with Crippen LogP contribution in [0.4, 0.5) is 0 Å². The van der Waals surface area contributed by atoms with Crippen LogP contribution in [0.5, 0.6) is 0 Å². The van der Waals surface area contributed by atoms with Crippen molar-refractivity contribution in [3.05, 3.63) is 46.6 Å². The van der Waals surface area contributed by atoms with Crippen LogP contribution in [0.2, 0.25) is 0 Å². The highest BCUT2D eigenvalue weighted by Gasteiger charge is 2.15. The van der Waals surface area contributed by atoms with Crippen molar-refractivity contribution in [2.24, 2.45) is 0 Å². The van der Waals surface area contributed by atoms with Crippen molar-refractivity contribution < 1.29 is 32.6 Å². The lowest BCUT2D eigenvalue weighted by Crippen LogP contribution is -2.11. The first-order valence-corrected chi connectivity index (χ1v) is 12.6. The zero-order valence-electron chi connectivity index (χ0n) is 20.1. The molecule has 2 atom stereocenters. The molecular weight excluding hydrogens is 442 g/mol. The molecule has 0 fully saturated rings. The van der Waals surface area contributed by atoms with Gasteiger partial charge in [0.25, 0.3) is 15.6 Å². The van der Waals surface area contributed by atoms with Gasteiger partial charge in [0.1, 0.15) is 0 Å². The second kappa shape index (κ2) is 17.7.